The predicted molar refractivity (Wildman–Crippen MR) is 107 cm³/mol. The van der Waals surface area contributed by atoms with Crippen LogP contribution in [0, 0.1) is 0 Å². The highest BCUT2D eigenvalue weighted by Gasteiger charge is 2.55. The molecule has 1 aliphatic heterocycles. The summed E-state index contributed by atoms with van der Waals surface area (Å²) >= 11 is 0. The molecule has 28 heavy (non-hydrogen) atoms. The number of fused-ring (bicyclic) bond motifs is 2. The first-order chi connectivity index (χ1) is 13.7. The number of hydrogen-bond donors (Lipinski definition) is 2. The predicted octanol–water partition coefficient (Wildman–Crippen LogP) is 5.05. The highest BCUT2D eigenvalue weighted by molar-refractivity contribution is 6.09. The molecule has 0 bridgehead atoms. The molecule has 1 atom stereocenters. The van der Waals surface area contributed by atoms with E-state index in [0.717, 1.165) is 16.5 Å². The molecule has 1 amide bonds. The lowest BCUT2D eigenvalue weighted by Crippen LogP contribution is -2.53. The number of hydroxylamine groups is 2. The number of aromatic nitrogens is 2. The molecule has 6 heteroatoms. The summed E-state index contributed by atoms with van der Waals surface area (Å²) in [7, 11) is 0. The summed E-state index contributed by atoms with van der Waals surface area (Å²) in [5.41, 5.74) is 3.13. The van der Waals surface area contributed by atoms with Crippen molar-refractivity contribution in [3.05, 3.63) is 90.1 Å². The minimum atomic E-state index is -1.15. The second-order valence-electron chi connectivity index (χ2n) is 6.50. The summed E-state index contributed by atoms with van der Waals surface area (Å²) in [6, 6.07) is 23.9. The second-order valence-corrected chi connectivity index (χ2v) is 6.50. The molecule has 0 saturated heterocycles. The van der Waals surface area contributed by atoms with Gasteiger partial charge in [0.2, 0.25) is 5.70 Å². The summed E-state index contributed by atoms with van der Waals surface area (Å²) in [6.07, 6.45) is 0.682. The molecule has 1 unspecified atom stereocenters. The van der Waals surface area contributed by atoms with Crippen molar-refractivity contribution in [1.29, 1.82) is 0 Å². The van der Waals surface area contributed by atoms with Crippen molar-refractivity contribution >= 4 is 34.5 Å². The van der Waals surface area contributed by atoms with Gasteiger partial charge in [-0.2, -0.15) is 9.89 Å². The maximum absolute atomic E-state index is 12.7. The monoisotopic (exact) mass is 370 g/mol. The topological polar surface area (TPSA) is 75.2 Å². The molecule has 1 aliphatic rings. The molecule has 0 fully saturated rings. The molecule has 0 radical (unpaired) electrons. The standard InChI is InChI=1S/C22H15N3O3/c26-22(27)25(28-16-9-2-1-3-10-16)19-13-7-4-8-15(19)14-20(25)21-17-11-5-6-12-18(17)23-24-21/h1-14H,(H-,23,24,26,27)/p+1. The number of H-pyrrole nitrogens is 1. The van der Waals surface area contributed by atoms with Crippen molar-refractivity contribution in [2.24, 2.45) is 0 Å². The molecular weight excluding hydrogens is 354 g/mol. The molecule has 0 aliphatic carbocycles. The Morgan fingerprint density at radius 2 is 1.64 bits per heavy atom. The summed E-state index contributed by atoms with van der Waals surface area (Å²) in [4.78, 5) is 18.9. The van der Waals surface area contributed by atoms with Crippen LogP contribution >= 0.6 is 0 Å². The van der Waals surface area contributed by atoms with Gasteiger partial charge < -0.3 is 5.11 Å². The molecule has 0 spiro atoms. The molecule has 4 aromatic rings. The zero-order chi connectivity index (χ0) is 19.1. The van der Waals surface area contributed by atoms with E-state index >= 15 is 0 Å². The van der Waals surface area contributed by atoms with E-state index in [1.807, 2.05) is 66.7 Å². The number of nitrogens with zero attached hydrogens (tertiary/aromatic N) is 2. The van der Waals surface area contributed by atoms with Gasteiger partial charge in [0.25, 0.3) is 0 Å². The Morgan fingerprint density at radius 3 is 2.46 bits per heavy atom. The van der Waals surface area contributed by atoms with Crippen molar-refractivity contribution in [1.82, 2.24) is 14.8 Å². The zero-order valence-electron chi connectivity index (χ0n) is 14.7. The van der Waals surface area contributed by atoms with E-state index in [4.69, 9.17) is 4.84 Å². The Hall–Kier alpha value is -3.90. The number of carboxylic acid groups (broad SMARTS) is 1. The minimum absolute atomic E-state index is 0.440. The molecule has 6 nitrogen and oxygen atoms in total. The number of para-hydroxylation sites is 3. The van der Waals surface area contributed by atoms with E-state index in [2.05, 4.69) is 10.2 Å². The number of aromatic amines is 1. The maximum atomic E-state index is 12.7. The summed E-state index contributed by atoms with van der Waals surface area (Å²) in [6.45, 7) is 0. The zero-order valence-corrected chi connectivity index (χ0v) is 14.7. The Kier molecular flexibility index (Phi) is 3.53. The van der Waals surface area contributed by atoms with Gasteiger partial charge in [0.05, 0.1) is 5.52 Å². The van der Waals surface area contributed by atoms with Crippen molar-refractivity contribution in [2.75, 3.05) is 0 Å². The lowest BCUT2D eigenvalue weighted by Gasteiger charge is -2.27. The summed E-state index contributed by atoms with van der Waals surface area (Å²) in [5, 5.41) is 18.6. The number of carbonyl (C=O) groups is 1. The second kappa shape index (κ2) is 6.07. The van der Waals surface area contributed by atoms with Gasteiger partial charge >= 0.3 is 6.09 Å². The number of rotatable bonds is 3. The van der Waals surface area contributed by atoms with E-state index < -0.39 is 10.7 Å². The fourth-order valence-electron chi connectivity index (χ4n) is 3.62. The van der Waals surface area contributed by atoms with E-state index in [-0.39, 0.29) is 0 Å². The van der Waals surface area contributed by atoms with Crippen LogP contribution in [0.1, 0.15) is 11.3 Å². The van der Waals surface area contributed by atoms with Gasteiger partial charge in [-0.1, -0.05) is 48.5 Å². The van der Waals surface area contributed by atoms with E-state index in [0.29, 0.717) is 22.8 Å². The van der Waals surface area contributed by atoms with E-state index in [1.165, 1.54) is 0 Å². The Morgan fingerprint density at radius 1 is 0.929 bits per heavy atom. The van der Waals surface area contributed by atoms with Crippen LogP contribution in [0.2, 0.25) is 0 Å². The molecule has 136 valence electrons. The lowest BCUT2D eigenvalue weighted by atomic mass is 10.1. The van der Waals surface area contributed by atoms with E-state index in [9.17, 15) is 9.90 Å². The third kappa shape index (κ3) is 2.25. The van der Waals surface area contributed by atoms with Crippen LogP contribution in [-0.4, -0.2) is 21.4 Å². The van der Waals surface area contributed by atoms with Crippen LogP contribution in [0.3, 0.4) is 0 Å². The van der Waals surface area contributed by atoms with Crippen LogP contribution in [0.15, 0.2) is 78.9 Å². The quantitative estimate of drug-likeness (QED) is 0.495. The Labute approximate surface area is 160 Å². The number of benzene rings is 3. The average molecular weight is 370 g/mol. The highest BCUT2D eigenvalue weighted by atomic mass is 16.7. The molecule has 3 aromatic carbocycles. The summed E-state index contributed by atoms with van der Waals surface area (Å²) < 4.78 is -0.810. The number of amides is 1. The van der Waals surface area contributed by atoms with Gasteiger partial charge in [-0.25, -0.2) is 0 Å². The van der Waals surface area contributed by atoms with Gasteiger partial charge in [0.1, 0.15) is 0 Å². The summed E-state index contributed by atoms with van der Waals surface area (Å²) in [5.74, 6) is 0.451. The third-order valence-corrected chi connectivity index (χ3v) is 4.88. The first-order valence-electron chi connectivity index (χ1n) is 8.83. The fourth-order valence-corrected chi connectivity index (χ4v) is 3.62. The number of quaternary nitrogens is 1. The van der Waals surface area contributed by atoms with E-state index in [1.54, 1.807) is 18.2 Å². The van der Waals surface area contributed by atoms with Gasteiger partial charge in [-0.15, -0.1) is 0 Å². The minimum Gasteiger partial charge on any atom is -0.432 e. The SMILES string of the molecule is O=C(O)[N+]1(Oc2ccccc2)C(c2n[nH]c3ccccc23)=Cc2ccccc21. The first kappa shape index (κ1) is 16.3. The Bertz CT molecular complexity index is 1230. The lowest BCUT2D eigenvalue weighted by molar-refractivity contribution is 0.0238. The van der Waals surface area contributed by atoms with Gasteiger partial charge in [0.15, 0.2) is 17.1 Å². The van der Waals surface area contributed by atoms with Gasteiger partial charge in [-0.05, 0) is 24.3 Å². The molecule has 0 saturated carbocycles. The largest absolute Gasteiger partial charge is 0.567 e. The van der Waals surface area contributed by atoms with Crippen molar-refractivity contribution in [2.45, 2.75) is 0 Å². The average Bonchev–Trinajstić information content (AvgIpc) is 3.29. The molecule has 1 aromatic heterocycles. The third-order valence-electron chi connectivity index (χ3n) is 4.88. The first-order valence-corrected chi connectivity index (χ1v) is 8.83. The fraction of sp³-hybridized carbons (Fsp3) is 0. The van der Waals surface area contributed by atoms with Crippen LogP contribution in [0.25, 0.3) is 22.7 Å². The van der Waals surface area contributed by atoms with Crippen molar-refractivity contribution < 1.29 is 14.7 Å². The van der Waals surface area contributed by atoms with Crippen molar-refractivity contribution in [3.8, 4) is 5.75 Å². The maximum Gasteiger partial charge on any atom is 0.567 e. The molecule has 5 rings (SSSR count). The molecule has 2 heterocycles. The number of hydrogen-bond acceptors (Lipinski definition) is 3. The normalized spacial score (nSPS) is 17.9. The smallest absolute Gasteiger partial charge is 0.432 e. The number of nitrogens with one attached hydrogen (secondary N) is 1. The Balaban J connectivity index is 1.78. The van der Waals surface area contributed by atoms with Gasteiger partial charge in [-0.3, -0.25) is 9.94 Å². The molecular formula is C22H16N3O3+. The van der Waals surface area contributed by atoms with Crippen molar-refractivity contribution in [3.63, 3.8) is 0 Å². The van der Waals surface area contributed by atoms with Gasteiger partial charge in [0, 0.05) is 27.7 Å². The molecule has 2 N–H and O–H groups in total. The van der Waals surface area contributed by atoms with Crippen LogP contribution in [0.5, 0.6) is 5.75 Å². The highest BCUT2D eigenvalue weighted by Crippen LogP contribution is 2.46. The van der Waals surface area contributed by atoms with Crippen LogP contribution in [-0.2, 0) is 0 Å². The van der Waals surface area contributed by atoms with Crippen LogP contribution < -0.4 is 9.48 Å². The van der Waals surface area contributed by atoms with Crippen LogP contribution in [0.4, 0.5) is 10.5 Å².